The Balaban J connectivity index is 3.31. The maximum Gasteiger partial charge on any atom is 0.125 e. The van der Waals surface area contributed by atoms with Gasteiger partial charge in [-0.3, -0.25) is 0 Å². The first kappa shape index (κ1) is 8.74. The van der Waals surface area contributed by atoms with Crippen LogP contribution in [0.15, 0.2) is 16.6 Å². The minimum Gasteiger partial charge on any atom is -0.207 e. The van der Waals surface area contributed by atoms with Crippen molar-refractivity contribution in [1.82, 2.24) is 0 Å². The lowest BCUT2D eigenvalue weighted by atomic mass is 10.3. The van der Waals surface area contributed by atoms with Gasteiger partial charge >= 0.3 is 0 Å². The summed E-state index contributed by atoms with van der Waals surface area (Å²) in [7, 11) is 0. The molecule has 0 aromatic heterocycles. The fraction of sp³-hybridized carbons (Fsp3) is 0. The monoisotopic (exact) mass is 334 g/mol. The summed E-state index contributed by atoms with van der Waals surface area (Å²) in [6, 6.07) is 2.68. The normalized spacial score (nSPS) is 10.0. The highest BCUT2D eigenvalue weighted by Gasteiger charge is 2.03. The van der Waals surface area contributed by atoms with E-state index in [1.54, 1.807) is 0 Å². The standard InChI is InChI=1S/C6H2BrClFI/c7-6-4(8)1-3(9)2-5(6)10/h1-2H. The lowest BCUT2D eigenvalue weighted by Gasteiger charge is -1.97. The van der Waals surface area contributed by atoms with Gasteiger partial charge in [-0.1, -0.05) is 11.6 Å². The number of halogens is 4. The minimum atomic E-state index is -0.308. The van der Waals surface area contributed by atoms with E-state index in [0.717, 1.165) is 8.04 Å². The molecule has 1 aromatic rings. The molecule has 0 atom stereocenters. The molecule has 0 nitrogen and oxygen atoms in total. The molecule has 0 saturated carbocycles. The van der Waals surface area contributed by atoms with Gasteiger partial charge in [-0.25, -0.2) is 4.39 Å². The fourth-order valence-corrected chi connectivity index (χ4v) is 1.71. The van der Waals surface area contributed by atoms with Gasteiger partial charge in [0.25, 0.3) is 0 Å². The number of hydrogen-bond acceptors (Lipinski definition) is 0. The molecule has 1 rings (SSSR count). The van der Waals surface area contributed by atoms with E-state index < -0.39 is 0 Å². The van der Waals surface area contributed by atoms with Crippen LogP contribution in [-0.2, 0) is 0 Å². The zero-order chi connectivity index (χ0) is 7.72. The third-order valence-electron chi connectivity index (χ3n) is 0.949. The molecule has 0 amide bonds. The Hall–Kier alpha value is 0.650. The zero-order valence-electron chi connectivity index (χ0n) is 4.67. The Morgan fingerprint density at radius 3 is 2.60 bits per heavy atom. The van der Waals surface area contributed by atoms with Crippen LogP contribution in [0.25, 0.3) is 0 Å². The number of benzene rings is 1. The quantitative estimate of drug-likeness (QED) is 0.384. The third-order valence-corrected chi connectivity index (χ3v) is 3.92. The summed E-state index contributed by atoms with van der Waals surface area (Å²) in [6.07, 6.45) is 0. The molecule has 0 spiro atoms. The summed E-state index contributed by atoms with van der Waals surface area (Å²) in [4.78, 5) is 0. The first-order valence-corrected chi connectivity index (χ1v) is 4.66. The van der Waals surface area contributed by atoms with Crippen LogP contribution in [0.2, 0.25) is 5.02 Å². The summed E-state index contributed by atoms with van der Waals surface area (Å²) in [6.45, 7) is 0. The Labute approximate surface area is 85.0 Å². The number of rotatable bonds is 0. The Bertz CT molecular complexity index is 241. The maximum atomic E-state index is 12.5. The molecule has 0 N–H and O–H groups in total. The molecule has 0 saturated heterocycles. The van der Waals surface area contributed by atoms with Crippen LogP contribution in [0.4, 0.5) is 4.39 Å². The molecule has 4 heteroatoms. The lowest BCUT2D eigenvalue weighted by Crippen LogP contribution is -1.79. The molecule has 0 unspecified atom stereocenters. The SMILES string of the molecule is Fc1cc(Cl)c(Br)c(I)c1. The molecule has 1 aromatic carbocycles. The van der Waals surface area contributed by atoms with Gasteiger partial charge in [0.2, 0.25) is 0 Å². The average Bonchev–Trinajstić information content (AvgIpc) is 1.82. The van der Waals surface area contributed by atoms with Gasteiger partial charge in [-0.05, 0) is 50.7 Å². The van der Waals surface area contributed by atoms with E-state index in [1.807, 2.05) is 22.6 Å². The average molecular weight is 335 g/mol. The van der Waals surface area contributed by atoms with E-state index in [2.05, 4.69) is 15.9 Å². The molecule has 0 aliphatic carbocycles. The summed E-state index contributed by atoms with van der Waals surface area (Å²) < 4.78 is 14.0. The molecule has 0 bridgehead atoms. The van der Waals surface area contributed by atoms with Crippen LogP contribution >= 0.6 is 50.1 Å². The summed E-state index contributed by atoms with van der Waals surface area (Å²) >= 11 is 10.8. The molecule has 0 aliphatic heterocycles. The summed E-state index contributed by atoms with van der Waals surface area (Å²) in [5.74, 6) is -0.308. The van der Waals surface area contributed by atoms with E-state index in [4.69, 9.17) is 11.6 Å². The third kappa shape index (κ3) is 1.83. The fourth-order valence-electron chi connectivity index (χ4n) is 0.525. The largest absolute Gasteiger partial charge is 0.207 e. The highest BCUT2D eigenvalue weighted by molar-refractivity contribution is 14.1. The second-order valence-corrected chi connectivity index (χ2v) is 4.05. The Morgan fingerprint density at radius 1 is 1.50 bits per heavy atom. The first-order chi connectivity index (χ1) is 4.61. The van der Waals surface area contributed by atoms with E-state index in [9.17, 15) is 4.39 Å². The van der Waals surface area contributed by atoms with Gasteiger partial charge in [-0.2, -0.15) is 0 Å². The molecule has 0 radical (unpaired) electrons. The van der Waals surface area contributed by atoms with Gasteiger partial charge in [-0.15, -0.1) is 0 Å². The van der Waals surface area contributed by atoms with Crippen molar-refractivity contribution in [1.29, 1.82) is 0 Å². The highest BCUT2D eigenvalue weighted by atomic mass is 127. The molecule has 10 heavy (non-hydrogen) atoms. The highest BCUT2D eigenvalue weighted by Crippen LogP contribution is 2.28. The van der Waals surface area contributed by atoms with Gasteiger partial charge < -0.3 is 0 Å². The van der Waals surface area contributed by atoms with Crippen molar-refractivity contribution in [3.05, 3.63) is 31.0 Å². The van der Waals surface area contributed by atoms with E-state index >= 15 is 0 Å². The van der Waals surface area contributed by atoms with E-state index in [-0.39, 0.29) is 5.82 Å². The topological polar surface area (TPSA) is 0 Å². The van der Waals surface area contributed by atoms with E-state index in [0.29, 0.717) is 5.02 Å². The van der Waals surface area contributed by atoms with E-state index in [1.165, 1.54) is 12.1 Å². The van der Waals surface area contributed by atoms with Crippen molar-refractivity contribution >= 4 is 50.1 Å². The Kier molecular flexibility index (Phi) is 2.94. The minimum absolute atomic E-state index is 0.308. The lowest BCUT2D eigenvalue weighted by molar-refractivity contribution is 0.626. The van der Waals surface area contributed by atoms with Crippen molar-refractivity contribution in [2.45, 2.75) is 0 Å². The van der Waals surface area contributed by atoms with Crippen molar-refractivity contribution in [2.75, 3.05) is 0 Å². The molecule has 54 valence electrons. The van der Waals surface area contributed by atoms with Gasteiger partial charge in [0, 0.05) is 8.04 Å². The maximum absolute atomic E-state index is 12.5. The van der Waals surface area contributed by atoms with Crippen LogP contribution in [0, 0.1) is 9.39 Å². The van der Waals surface area contributed by atoms with Crippen molar-refractivity contribution in [3.8, 4) is 0 Å². The van der Waals surface area contributed by atoms with Crippen molar-refractivity contribution < 1.29 is 4.39 Å². The van der Waals surface area contributed by atoms with Gasteiger partial charge in [0.05, 0.1) is 5.02 Å². The summed E-state index contributed by atoms with van der Waals surface area (Å²) in [5, 5.41) is 0.407. The smallest absolute Gasteiger partial charge is 0.125 e. The van der Waals surface area contributed by atoms with Gasteiger partial charge in [0.15, 0.2) is 0 Å². The Morgan fingerprint density at radius 2 is 2.10 bits per heavy atom. The van der Waals surface area contributed by atoms with Crippen LogP contribution < -0.4 is 0 Å². The number of hydrogen-bond donors (Lipinski definition) is 0. The van der Waals surface area contributed by atoms with Crippen LogP contribution in [-0.4, -0.2) is 0 Å². The molecular weight excluding hydrogens is 333 g/mol. The molecule has 0 fully saturated rings. The predicted octanol–water partition coefficient (Wildman–Crippen LogP) is 3.85. The van der Waals surface area contributed by atoms with Crippen LogP contribution in [0.3, 0.4) is 0 Å². The van der Waals surface area contributed by atoms with Crippen molar-refractivity contribution in [2.24, 2.45) is 0 Å². The van der Waals surface area contributed by atoms with Crippen LogP contribution in [0.1, 0.15) is 0 Å². The molecule has 0 aliphatic rings. The molecular formula is C6H2BrClFI. The molecule has 0 heterocycles. The van der Waals surface area contributed by atoms with Crippen LogP contribution in [0.5, 0.6) is 0 Å². The van der Waals surface area contributed by atoms with Crippen molar-refractivity contribution in [3.63, 3.8) is 0 Å². The first-order valence-electron chi connectivity index (χ1n) is 2.41. The zero-order valence-corrected chi connectivity index (χ0v) is 9.17. The predicted molar refractivity (Wildman–Crippen MR) is 51.8 cm³/mol. The second kappa shape index (κ2) is 3.36. The summed E-state index contributed by atoms with van der Waals surface area (Å²) in [5.41, 5.74) is 0. The second-order valence-electron chi connectivity index (χ2n) is 1.68. The van der Waals surface area contributed by atoms with Gasteiger partial charge in [0.1, 0.15) is 5.82 Å².